The van der Waals surface area contributed by atoms with Gasteiger partial charge in [0.15, 0.2) is 0 Å². The molecule has 0 atom stereocenters. The number of aromatic nitrogens is 5. The van der Waals surface area contributed by atoms with E-state index in [9.17, 15) is 4.79 Å². The van der Waals surface area contributed by atoms with Crippen LogP contribution in [0.3, 0.4) is 0 Å². The summed E-state index contributed by atoms with van der Waals surface area (Å²) < 4.78 is 1.90. The SMILES string of the molecule is O=C(NCCn1ccnc1)c1ccnc(CNc2ncccn2)c1. The fourth-order valence-electron chi connectivity index (χ4n) is 2.10. The number of anilines is 1. The molecule has 0 saturated carbocycles. The van der Waals surface area contributed by atoms with Gasteiger partial charge in [-0.25, -0.2) is 15.0 Å². The summed E-state index contributed by atoms with van der Waals surface area (Å²) in [6.07, 6.45) is 10.2. The van der Waals surface area contributed by atoms with Crippen molar-refractivity contribution in [3.05, 3.63) is 66.8 Å². The number of rotatable bonds is 7. The average Bonchev–Trinajstić information content (AvgIpc) is 3.14. The number of hydrogen-bond donors (Lipinski definition) is 2. The van der Waals surface area contributed by atoms with Crippen LogP contribution in [0.5, 0.6) is 0 Å². The first-order valence-corrected chi connectivity index (χ1v) is 7.51. The van der Waals surface area contributed by atoms with Gasteiger partial charge in [0, 0.05) is 49.6 Å². The van der Waals surface area contributed by atoms with Crippen LogP contribution in [-0.2, 0) is 13.1 Å². The Hall–Kier alpha value is -3.29. The molecule has 2 N–H and O–H groups in total. The van der Waals surface area contributed by atoms with Crippen molar-refractivity contribution in [2.24, 2.45) is 0 Å². The molecule has 0 unspecified atom stereocenters. The van der Waals surface area contributed by atoms with Crippen molar-refractivity contribution in [3.8, 4) is 0 Å². The van der Waals surface area contributed by atoms with Gasteiger partial charge in [-0.3, -0.25) is 9.78 Å². The van der Waals surface area contributed by atoms with Crippen LogP contribution in [0.2, 0.25) is 0 Å². The molecule has 0 fully saturated rings. The lowest BCUT2D eigenvalue weighted by Crippen LogP contribution is -2.27. The number of hydrogen-bond acceptors (Lipinski definition) is 6. The average molecular weight is 323 g/mol. The van der Waals surface area contributed by atoms with Gasteiger partial charge in [-0.2, -0.15) is 0 Å². The van der Waals surface area contributed by atoms with E-state index in [4.69, 9.17) is 0 Å². The molecule has 0 aromatic carbocycles. The largest absolute Gasteiger partial charge is 0.350 e. The van der Waals surface area contributed by atoms with Crippen LogP contribution in [0, 0.1) is 0 Å². The minimum absolute atomic E-state index is 0.130. The maximum Gasteiger partial charge on any atom is 0.251 e. The number of nitrogens with one attached hydrogen (secondary N) is 2. The first kappa shape index (κ1) is 15.6. The normalized spacial score (nSPS) is 10.3. The zero-order chi connectivity index (χ0) is 16.6. The van der Waals surface area contributed by atoms with Crippen molar-refractivity contribution >= 4 is 11.9 Å². The van der Waals surface area contributed by atoms with Crippen molar-refractivity contribution in [2.75, 3.05) is 11.9 Å². The van der Waals surface area contributed by atoms with Gasteiger partial charge in [0.1, 0.15) is 0 Å². The standard InChI is InChI=1S/C16H17N7O/c24-15(19-7-9-23-8-6-17-12-23)13-2-5-18-14(10-13)11-22-16-20-3-1-4-21-16/h1-6,8,10,12H,7,9,11H2,(H,19,24)(H,20,21,22). The highest BCUT2D eigenvalue weighted by Gasteiger charge is 2.07. The van der Waals surface area contributed by atoms with E-state index in [1.165, 1.54) is 0 Å². The molecule has 0 aliphatic heterocycles. The lowest BCUT2D eigenvalue weighted by Gasteiger charge is -2.08. The summed E-state index contributed by atoms with van der Waals surface area (Å²) in [4.78, 5) is 28.6. The molecule has 0 bridgehead atoms. The molecular formula is C16H17N7O. The number of pyridine rings is 1. The second kappa shape index (κ2) is 7.82. The Labute approximate surface area is 139 Å². The van der Waals surface area contributed by atoms with Crippen molar-refractivity contribution in [3.63, 3.8) is 0 Å². The van der Waals surface area contributed by atoms with Crippen molar-refractivity contribution in [2.45, 2.75) is 13.1 Å². The summed E-state index contributed by atoms with van der Waals surface area (Å²) in [6, 6.07) is 5.19. The zero-order valence-electron chi connectivity index (χ0n) is 13.0. The molecule has 3 heterocycles. The number of carbonyl (C=O) groups is 1. The molecule has 0 aliphatic rings. The Morgan fingerprint density at radius 3 is 2.79 bits per heavy atom. The third kappa shape index (κ3) is 4.35. The second-order valence-electron chi connectivity index (χ2n) is 5.02. The van der Waals surface area contributed by atoms with Gasteiger partial charge >= 0.3 is 0 Å². The zero-order valence-corrected chi connectivity index (χ0v) is 13.0. The van der Waals surface area contributed by atoms with E-state index >= 15 is 0 Å². The molecule has 24 heavy (non-hydrogen) atoms. The Morgan fingerprint density at radius 1 is 1.12 bits per heavy atom. The van der Waals surface area contributed by atoms with Crippen molar-refractivity contribution in [1.29, 1.82) is 0 Å². The predicted octanol–water partition coefficient (Wildman–Crippen LogP) is 1.11. The highest BCUT2D eigenvalue weighted by Crippen LogP contribution is 2.04. The monoisotopic (exact) mass is 323 g/mol. The van der Waals surface area contributed by atoms with E-state index in [-0.39, 0.29) is 5.91 Å². The molecule has 8 nitrogen and oxygen atoms in total. The minimum Gasteiger partial charge on any atom is -0.350 e. The molecule has 0 saturated heterocycles. The van der Waals surface area contributed by atoms with E-state index in [1.807, 2.05) is 10.8 Å². The van der Waals surface area contributed by atoms with Crippen LogP contribution in [0.4, 0.5) is 5.95 Å². The van der Waals surface area contributed by atoms with Crippen LogP contribution >= 0.6 is 0 Å². The molecule has 0 spiro atoms. The maximum absolute atomic E-state index is 12.2. The predicted molar refractivity (Wildman–Crippen MR) is 88.2 cm³/mol. The number of nitrogens with zero attached hydrogens (tertiary/aromatic N) is 5. The lowest BCUT2D eigenvalue weighted by molar-refractivity contribution is 0.0952. The number of amides is 1. The lowest BCUT2D eigenvalue weighted by atomic mass is 10.2. The Kier molecular flexibility index (Phi) is 5.08. The number of imidazole rings is 1. The summed E-state index contributed by atoms with van der Waals surface area (Å²) in [7, 11) is 0. The quantitative estimate of drug-likeness (QED) is 0.676. The Morgan fingerprint density at radius 2 is 2.00 bits per heavy atom. The van der Waals surface area contributed by atoms with Crippen molar-refractivity contribution < 1.29 is 4.79 Å². The van der Waals surface area contributed by atoms with E-state index < -0.39 is 0 Å². The van der Waals surface area contributed by atoms with Gasteiger partial charge in [-0.1, -0.05) is 0 Å². The van der Waals surface area contributed by atoms with Crippen LogP contribution in [0.15, 0.2) is 55.5 Å². The van der Waals surface area contributed by atoms with E-state index in [0.29, 0.717) is 31.1 Å². The highest BCUT2D eigenvalue weighted by molar-refractivity contribution is 5.94. The molecule has 3 aromatic heterocycles. The number of carbonyl (C=O) groups excluding carboxylic acids is 1. The summed E-state index contributed by atoms with van der Waals surface area (Å²) >= 11 is 0. The molecule has 3 rings (SSSR count). The van der Waals surface area contributed by atoms with Crippen LogP contribution in [0.1, 0.15) is 16.1 Å². The first-order chi connectivity index (χ1) is 11.8. The van der Waals surface area contributed by atoms with E-state index in [2.05, 4.69) is 30.6 Å². The van der Waals surface area contributed by atoms with E-state index in [0.717, 1.165) is 5.69 Å². The third-order valence-electron chi connectivity index (χ3n) is 3.29. The molecule has 3 aromatic rings. The molecule has 0 radical (unpaired) electrons. The summed E-state index contributed by atoms with van der Waals surface area (Å²) in [5.74, 6) is 0.393. The molecule has 0 aliphatic carbocycles. The van der Waals surface area contributed by atoms with Gasteiger partial charge in [-0.15, -0.1) is 0 Å². The Bertz CT molecular complexity index is 774. The second-order valence-corrected chi connectivity index (χ2v) is 5.02. The minimum atomic E-state index is -0.130. The van der Waals surface area contributed by atoms with Gasteiger partial charge in [0.2, 0.25) is 5.95 Å². The Balaban J connectivity index is 1.53. The molecule has 1 amide bonds. The van der Waals surface area contributed by atoms with Gasteiger partial charge in [-0.05, 0) is 18.2 Å². The summed E-state index contributed by atoms with van der Waals surface area (Å²) in [5, 5.41) is 5.94. The van der Waals surface area contributed by atoms with Gasteiger partial charge in [0.05, 0.1) is 18.6 Å². The van der Waals surface area contributed by atoms with Crippen LogP contribution in [-0.4, -0.2) is 37.0 Å². The molecule has 122 valence electrons. The van der Waals surface area contributed by atoms with E-state index in [1.54, 1.807) is 49.3 Å². The molecular weight excluding hydrogens is 306 g/mol. The fraction of sp³-hybridized carbons (Fsp3) is 0.188. The van der Waals surface area contributed by atoms with Crippen molar-refractivity contribution in [1.82, 2.24) is 29.8 Å². The van der Waals surface area contributed by atoms with Crippen LogP contribution < -0.4 is 10.6 Å². The topological polar surface area (TPSA) is 97.6 Å². The van der Waals surface area contributed by atoms with Gasteiger partial charge in [0.25, 0.3) is 5.91 Å². The maximum atomic E-state index is 12.2. The first-order valence-electron chi connectivity index (χ1n) is 7.51. The van der Waals surface area contributed by atoms with Crippen LogP contribution in [0.25, 0.3) is 0 Å². The highest BCUT2D eigenvalue weighted by atomic mass is 16.1. The third-order valence-corrected chi connectivity index (χ3v) is 3.29. The van der Waals surface area contributed by atoms with Gasteiger partial charge < -0.3 is 15.2 Å². The smallest absolute Gasteiger partial charge is 0.251 e. The summed E-state index contributed by atoms with van der Waals surface area (Å²) in [5.41, 5.74) is 1.31. The fourth-order valence-corrected chi connectivity index (χ4v) is 2.10. The molecule has 8 heteroatoms. The summed E-state index contributed by atoms with van der Waals surface area (Å²) in [6.45, 7) is 1.65.